The zero-order valence-corrected chi connectivity index (χ0v) is 22.9. The van der Waals surface area contributed by atoms with Gasteiger partial charge >= 0.3 is 5.97 Å². The molecule has 0 aromatic heterocycles. The van der Waals surface area contributed by atoms with Crippen molar-refractivity contribution in [2.24, 2.45) is 5.73 Å². The molecule has 2 aromatic rings. The van der Waals surface area contributed by atoms with Crippen molar-refractivity contribution in [3.05, 3.63) is 65.7 Å². The molecule has 212 valence electrons. The Morgan fingerprint density at radius 2 is 1.54 bits per heavy atom. The van der Waals surface area contributed by atoms with E-state index in [0.29, 0.717) is 25.0 Å². The predicted molar refractivity (Wildman–Crippen MR) is 151 cm³/mol. The maximum absolute atomic E-state index is 12.9. The molecular formula is C28H38N4O6S. The van der Waals surface area contributed by atoms with Crippen LogP contribution in [0.4, 0.5) is 0 Å². The van der Waals surface area contributed by atoms with E-state index in [1.165, 1.54) is 11.8 Å². The number of rotatable bonds is 17. The van der Waals surface area contributed by atoms with Crippen LogP contribution in [0.25, 0.3) is 0 Å². The fraction of sp³-hybridized carbons (Fsp3) is 0.429. The van der Waals surface area contributed by atoms with Gasteiger partial charge in [0.1, 0.15) is 17.8 Å². The van der Waals surface area contributed by atoms with E-state index >= 15 is 0 Å². The highest BCUT2D eigenvalue weighted by molar-refractivity contribution is 7.98. The molecule has 10 nitrogen and oxygen atoms in total. The van der Waals surface area contributed by atoms with Crippen molar-refractivity contribution in [1.29, 1.82) is 0 Å². The van der Waals surface area contributed by atoms with Crippen molar-refractivity contribution >= 4 is 35.5 Å². The van der Waals surface area contributed by atoms with Crippen LogP contribution in [-0.2, 0) is 32.0 Å². The molecule has 0 aliphatic carbocycles. The van der Waals surface area contributed by atoms with Crippen molar-refractivity contribution in [2.45, 2.75) is 56.7 Å². The van der Waals surface area contributed by atoms with E-state index in [1.54, 1.807) is 24.3 Å². The molecule has 0 aliphatic heterocycles. The second-order valence-electron chi connectivity index (χ2n) is 9.29. The van der Waals surface area contributed by atoms with Crippen LogP contribution in [0.3, 0.4) is 0 Å². The summed E-state index contributed by atoms with van der Waals surface area (Å²) in [5.74, 6) is -1.86. The SMILES string of the molecule is CSCC[C@H](NC(=O)[C@H](Cc1ccccc1)NC(=O)CNC(=O)CCCC(N)Cc1ccc(O)cc1)C(=O)O. The summed E-state index contributed by atoms with van der Waals surface area (Å²) in [5, 5.41) is 26.5. The van der Waals surface area contributed by atoms with Gasteiger partial charge in [-0.25, -0.2) is 4.79 Å². The molecule has 39 heavy (non-hydrogen) atoms. The van der Waals surface area contributed by atoms with Crippen LogP contribution in [-0.4, -0.2) is 70.6 Å². The molecule has 3 atom stereocenters. The molecule has 7 N–H and O–H groups in total. The molecule has 1 unspecified atom stereocenters. The van der Waals surface area contributed by atoms with Crippen molar-refractivity contribution in [2.75, 3.05) is 18.6 Å². The minimum atomic E-state index is -1.14. The largest absolute Gasteiger partial charge is 0.508 e. The number of phenolic OH excluding ortho intramolecular Hbond substituents is 1. The summed E-state index contributed by atoms with van der Waals surface area (Å²) < 4.78 is 0. The molecule has 0 bridgehead atoms. The van der Waals surface area contributed by atoms with Gasteiger partial charge in [0.2, 0.25) is 17.7 Å². The second-order valence-corrected chi connectivity index (χ2v) is 10.3. The fourth-order valence-corrected chi connectivity index (χ4v) is 4.37. The van der Waals surface area contributed by atoms with Gasteiger partial charge in [0.05, 0.1) is 6.54 Å². The Balaban J connectivity index is 1.83. The van der Waals surface area contributed by atoms with E-state index in [-0.39, 0.29) is 43.5 Å². The molecule has 11 heteroatoms. The number of benzene rings is 2. The first-order valence-electron chi connectivity index (χ1n) is 12.8. The third-order valence-electron chi connectivity index (χ3n) is 6.02. The summed E-state index contributed by atoms with van der Waals surface area (Å²) in [7, 11) is 0. The number of aliphatic carboxylic acids is 1. The summed E-state index contributed by atoms with van der Waals surface area (Å²) in [6.45, 7) is -0.314. The maximum Gasteiger partial charge on any atom is 0.326 e. The average molecular weight is 559 g/mol. The number of carboxylic acid groups (broad SMARTS) is 1. The van der Waals surface area contributed by atoms with Gasteiger partial charge in [0.25, 0.3) is 0 Å². The van der Waals surface area contributed by atoms with Gasteiger partial charge in [0, 0.05) is 18.9 Å². The van der Waals surface area contributed by atoms with Crippen molar-refractivity contribution in [3.63, 3.8) is 0 Å². The molecule has 0 saturated carbocycles. The highest BCUT2D eigenvalue weighted by Gasteiger charge is 2.26. The fourth-order valence-electron chi connectivity index (χ4n) is 3.90. The standard InChI is InChI=1S/C28H38N4O6S/c1-39-15-14-23(28(37)38)32-27(36)24(17-19-6-3-2-4-7-19)31-26(35)18-30-25(34)9-5-8-21(29)16-20-10-12-22(33)13-11-20/h2-4,6-7,10-13,21,23-24,33H,5,8-9,14-18,29H2,1H3,(H,30,34)(H,31,35)(H,32,36)(H,37,38)/t21?,23-,24-/m0/s1. The van der Waals surface area contributed by atoms with Gasteiger partial charge in [-0.1, -0.05) is 42.5 Å². The highest BCUT2D eigenvalue weighted by Crippen LogP contribution is 2.13. The Morgan fingerprint density at radius 1 is 0.872 bits per heavy atom. The molecule has 2 rings (SSSR count). The zero-order valence-electron chi connectivity index (χ0n) is 22.1. The average Bonchev–Trinajstić information content (AvgIpc) is 2.91. The van der Waals surface area contributed by atoms with Crippen molar-refractivity contribution in [1.82, 2.24) is 16.0 Å². The molecule has 0 fully saturated rings. The first-order valence-corrected chi connectivity index (χ1v) is 14.2. The van der Waals surface area contributed by atoms with Crippen LogP contribution in [0.15, 0.2) is 54.6 Å². The number of hydrogen-bond donors (Lipinski definition) is 6. The molecule has 0 radical (unpaired) electrons. The molecular weight excluding hydrogens is 520 g/mol. The van der Waals surface area contributed by atoms with E-state index in [9.17, 15) is 29.4 Å². The molecule has 0 aliphatic rings. The first kappa shape index (κ1) is 31.6. The van der Waals surface area contributed by atoms with Crippen molar-refractivity contribution in [3.8, 4) is 5.75 Å². The maximum atomic E-state index is 12.9. The summed E-state index contributed by atoms with van der Waals surface area (Å²) >= 11 is 1.47. The number of nitrogens with one attached hydrogen (secondary N) is 3. The lowest BCUT2D eigenvalue weighted by Crippen LogP contribution is -2.54. The van der Waals surface area contributed by atoms with Gasteiger partial charge in [-0.2, -0.15) is 11.8 Å². The summed E-state index contributed by atoms with van der Waals surface area (Å²) in [5.41, 5.74) is 7.93. The minimum Gasteiger partial charge on any atom is -0.508 e. The monoisotopic (exact) mass is 558 g/mol. The number of nitrogens with two attached hydrogens (primary N) is 1. The lowest BCUT2D eigenvalue weighted by molar-refractivity contribution is -0.142. The van der Waals surface area contributed by atoms with E-state index in [2.05, 4.69) is 16.0 Å². The Kier molecular flexibility index (Phi) is 13.9. The molecule has 0 heterocycles. The van der Waals surface area contributed by atoms with E-state index in [0.717, 1.165) is 11.1 Å². The minimum absolute atomic E-state index is 0.145. The number of carbonyl (C=O) groups excluding carboxylic acids is 3. The van der Waals surface area contributed by atoms with Crippen molar-refractivity contribution < 1.29 is 29.4 Å². The lowest BCUT2D eigenvalue weighted by Gasteiger charge is -2.22. The normalized spacial score (nSPS) is 13.1. The smallest absolute Gasteiger partial charge is 0.326 e. The Hall–Kier alpha value is -3.57. The quantitative estimate of drug-likeness (QED) is 0.170. The summed E-state index contributed by atoms with van der Waals surface area (Å²) in [6, 6.07) is 13.6. The van der Waals surface area contributed by atoms with Gasteiger partial charge < -0.3 is 31.9 Å². The van der Waals surface area contributed by atoms with Crippen LogP contribution in [0.2, 0.25) is 0 Å². The van der Waals surface area contributed by atoms with E-state index < -0.39 is 29.9 Å². The number of carboxylic acids is 1. The van der Waals surface area contributed by atoms with Crippen LogP contribution in [0.5, 0.6) is 5.75 Å². The molecule has 0 spiro atoms. The summed E-state index contributed by atoms with van der Waals surface area (Å²) in [6.07, 6.45) is 4.23. The molecule has 2 aromatic carbocycles. The predicted octanol–water partition coefficient (Wildman–Crippen LogP) is 1.60. The Morgan fingerprint density at radius 3 is 2.18 bits per heavy atom. The van der Waals surface area contributed by atoms with Crippen LogP contribution in [0.1, 0.15) is 36.8 Å². The number of aromatic hydroxyl groups is 1. The number of thioether (sulfide) groups is 1. The summed E-state index contributed by atoms with van der Waals surface area (Å²) in [4.78, 5) is 49.4. The lowest BCUT2D eigenvalue weighted by atomic mass is 10.0. The van der Waals surface area contributed by atoms with E-state index in [4.69, 9.17) is 5.73 Å². The van der Waals surface area contributed by atoms with Crippen LogP contribution in [0, 0.1) is 0 Å². The van der Waals surface area contributed by atoms with Gasteiger partial charge in [-0.3, -0.25) is 14.4 Å². The third-order valence-corrected chi connectivity index (χ3v) is 6.66. The number of carbonyl (C=O) groups is 4. The topological polar surface area (TPSA) is 171 Å². The molecule has 0 saturated heterocycles. The van der Waals surface area contributed by atoms with E-state index in [1.807, 2.05) is 36.6 Å². The number of hydrogen-bond acceptors (Lipinski definition) is 7. The third kappa shape index (κ3) is 12.7. The van der Waals surface area contributed by atoms with Crippen LogP contribution < -0.4 is 21.7 Å². The van der Waals surface area contributed by atoms with Gasteiger partial charge in [-0.05, 0) is 61.0 Å². The zero-order chi connectivity index (χ0) is 28.6. The highest BCUT2D eigenvalue weighted by atomic mass is 32.2. The number of phenols is 1. The first-order chi connectivity index (χ1) is 18.7. The Labute approximate surface area is 233 Å². The van der Waals surface area contributed by atoms with Gasteiger partial charge in [-0.15, -0.1) is 0 Å². The molecule has 3 amide bonds. The van der Waals surface area contributed by atoms with Gasteiger partial charge in [0.15, 0.2) is 0 Å². The Bertz CT molecular complexity index is 1070. The number of amides is 3. The second kappa shape index (κ2) is 17.1. The van der Waals surface area contributed by atoms with Crippen LogP contribution >= 0.6 is 11.8 Å².